The van der Waals surface area contributed by atoms with E-state index in [4.69, 9.17) is 5.11 Å². The van der Waals surface area contributed by atoms with Crippen LogP contribution in [0, 0.1) is 5.82 Å². The Labute approximate surface area is 121 Å². The second-order valence-electron chi connectivity index (χ2n) is 4.31. The maximum Gasteiger partial charge on any atom is 0.340 e. The zero-order valence-electron chi connectivity index (χ0n) is 10.8. The third kappa shape index (κ3) is 3.79. The first kappa shape index (κ1) is 15.0. The van der Waals surface area contributed by atoms with Gasteiger partial charge in [0.15, 0.2) is 0 Å². The summed E-state index contributed by atoms with van der Waals surface area (Å²) in [5, 5.41) is 8.96. The van der Waals surface area contributed by atoms with Gasteiger partial charge in [-0.15, -0.1) is 0 Å². The SMILES string of the molecule is O=C(O)c1c(F)cccc1NS(=O)(=O)Cc1ccccc1. The minimum Gasteiger partial charge on any atom is -0.478 e. The molecule has 0 amide bonds. The summed E-state index contributed by atoms with van der Waals surface area (Å²) in [5.74, 6) is -2.86. The van der Waals surface area contributed by atoms with Crippen molar-refractivity contribution in [2.24, 2.45) is 0 Å². The lowest BCUT2D eigenvalue weighted by atomic mass is 10.2. The van der Waals surface area contributed by atoms with Gasteiger partial charge >= 0.3 is 5.97 Å². The van der Waals surface area contributed by atoms with Crippen molar-refractivity contribution in [2.45, 2.75) is 5.75 Å². The van der Waals surface area contributed by atoms with Crippen LogP contribution in [-0.4, -0.2) is 19.5 Å². The minimum absolute atomic E-state index is 0.293. The normalized spacial score (nSPS) is 11.1. The van der Waals surface area contributed by atoms with Crippen LogP contribution in [0.1, 0.15) is 15.9 Å². The number of anilines is 1. The lowest BCUT2D eigenvalue weighted by Gasteiger charge is -2.11. The number of carboxylic acids is 1. The zero-order valence-corrected chi connectivity index (χ0v) is 11.6. The van der Waals surface area contributed by atoms with Gasteiger partial charge in [-0.25, -0.2) is 17.6 Å². The van der Waals surface area contributed by atoms with Crippen molar-refractivity contribution < 1.29 is 22.7 Å². The Kier molecular flexibility index (Phi) is 4.23. The van der Waals surface area contributed by atoms with Crippen molar-refractivity contribution in [3.63, 3.8) is 0 Å². The summed E-state index contributed by atoms with van der Waals surface area (Å²) in [6.07, 6.45) is 0. The van der Waals surface area contributed by atoms with Gasteiger partial charge in [-0.2, -0.15) is 0 Å². The molecule has 0 aliphatic rings. The van der Waals surface area contributed by atoms with Crippen LogP contribution in [0.15, 0.2) is 48.5 Å². The van der Waals surface area contributed by atoms with Crippen LogP contribution in [0.5, 0.6) is 0 Å². The van der Waals surface area contributed by atoms with E-state index in [2.05, 4.69) is 4.72 Å². The number of nitrogens with one attached hydrogen (secondary N) is 1. The molecule has 0 radical (unpaired) electrons. The second kappa shape index (κ2) is 5.92. The highest BCUT2D eigenvalue weighted by Gasteiger charge is 2.20. The number of carbonyl (C=O) groups is 1. The summed E-state index contributed by atoms with van der Waals surface area (Å²) < 4.78 is 39.7. The highest BCUT2D eigenvalue weighted by molar-refractivity contribution is 7.91. The van der Waals surface area contributed by atoms with Gasteiger partial charge in [0, 0.05) is 0 Å². The number of sulfonamides is 1. The third-order valence-corrected chi connectivity index (χ3v) is 3.94. The van der Waals surface area contributed by atoms with Crippen molar-refractivity contribution in [3.8, 4) is 0 Å². The van der Waals surface area contributed by atoms with Crippen LogP contribution in [0.3, 0.4) is 0 Å². The molecule has 0 spiro atoms. The number of carboxylic acid groups (broad SMARTS) is 1. The molecule has 0 heterocycles. The van der Waals surface area contributed by atoms with E-state index < -0.39 is 27.4 Å². The molecule has 0 atom stereocenters. The molecule has 110 valence electrons. The molecule has 2 N–H and O–H groups in total. The molecule has 2 rings (SSSR count). The zero-order chi connectivity index (χ0) is 15.5. The Balaban J connectivity index is 2.29. The van der Waals surface area contributed by atoms with Gasteiger partial charge < -0.3 is 5.11 Å². The van der Waals surface area contributed by atoms with Crippen molar-refractivity contribution >= 4 is 21.7 Å². The Morgan fingerprint density at radius 1 is 1.10 bits per heavy atom. The van der Waals surface area contributed by atoms with Crippen molar-refractivity contribution in [1.29, 1.82) is 0 Å². The van der Waals surface area contributed by atoms with Crippen LogP contribution in [-0.2, 0) is 15.8 Å². The molecule has 0 aliphatic heterocycles. The third-order valence-electron chi connectivity index (χ3n) is 2.69. The lowest BCUT2D eigenvalue weighted by Crippen LogP contribution is -2.18. The van der Waals surface area contributed by atoms with Crippen LogP contribution in [0.2, 0.25) is 0 Å². The lowest BCUT2D eigenvalue weighted by molar-refractivity contribution is 0.0693. The summed E-state index contributed by atoms with van der Waals surface area (Å²) in [4.78, 5) is 11.0. The van der Waals surface area contributed by atoms with E-state index in [0.29, 0.717) is 5.56 Å². The Morgan fingerprint density at radius 2 is 1.76 bits per heavy atom. The number of benzene rings is 2. The van der Waals surface area contributed by atoms with Crippen LogP contribution < -0.4 is 4.72 Å². The average Bonchev–Trinajstić information content (AvgIpc) is 2.38. The Bertz CT molecular complexity index is 760. The van der Waals surface area contributed by atoms with Crippen molar-refractivity contribution in [2.75, 3.05) is 4.72 Å². The summed E-state index contributed by atoms with van der Waals surface area (Å²) in [5.41, 5.74) is -0.453. The van der Waals surface area contributed by atoms with E-state index in [1.165, 1.54) is 12.1 Å². The molecule has 5 nitrogen and oxygen atoms in total. The fourth-order valence-corrected chi connectivity index (χ4v) is 3.03. The maximum atomic E-state index is 13.5. The predicted molar refractivity (Wildman–Crippen MR) is 76.0 cm³/mol. The molecule has 0 fully saturated rings. The summed E-state index contributed by atoms with van der Waals surface area (Å²) in [6.45, 7) is 0. The number of halogens is 1. The second-order valence-corrected chi connectivity index (χ2v) is 6.04. The van der Waals surface area contributed by atoms with E-state index in [1.807, 2.05) is 0 Å². The first-order chi connectivity index (χ1) is 9.89. The van der Waals surface area contributed by atoms with Crippen LogP contribution >= 0.6 is 0 Å². The quantitative estimate of drug-likeness (QED) is 0.888. The van der Waals surface area contributed by atoms with Gasteiger partial charge in [0.25, 0.3) is 0 Å². The smallest absolute Gasteiger partial charge is 0.340 e. The number of hydrogen-bond donors (Lipinski definition) is 2. The minimum atomic E-state index is -3.84. The first-order valence-electron chi connectivity index (χ1n) is 5.95. The topological polar surface area (TPSA) is 83.5 Å². The highest BCUT2D eigenvalue weighted by atomic mass is 32.2. The summed E-state index contributed by atoms with van der Waals surface area (Å²) in [7, 11) is -3.84. The van der Waals surface area contributed by atoms with E-state index in [9.17, 15) is 17.6 Å². The molecule has 0 aliphatic carbocycles. The molecule has 0 aromatic heterocycles. The molecule has 2 aromatic rings. The Hall–Kier alpha value is -2.41. The van der Waals surface area contributed by atoms with E-state index in [0.717, 1.165) is 6.07 Å². The van der Waals surface area contributed by atoms with E-state index in [1.54, 1.807) is 30.3 Å². The Morgan fingerprint density at radius 3 is 2.38 bits per heavy atom. The first-order valence-corrected chi connectivity index (χ1v) is 7.60. The van der Waals surface area contributed by atoms with Gasteiger partial charge in [0.05, 0.1) is 11.4 Å². The summed E-state index contributed by atoms with van der Waals surface area (Å²) >= 11 is 0. The molecule has 0 unspecified atom stereocenters. The molecule has 21 heavy (non-hydrogen) atoms. The van der Waals surface area contributed by atoms with Crippen LogP contribution in [0.4, 0.5) is 10.1 Å². The largest absolute Gasteiger partial charge is 0.478 e. The van der Waals surface area contributed by atoms with Gasteiger partial charge in [-0.3, -0.25) is 4.72 Å². The van der Waals surface area contributed by atoms with Crippen molar-refractivity contribution in [1.82, 2.24) is 0 Å². The van der Waals surface area contributed by atoms with Crippen molar-refractivity contribution in [3.05, 3.63) is 65.5 Å². The molecule has 7 heteroatoms. The molecule has 0 saturated heterocycles. The van der Waals surface area contributed by atoms with Gasteiger partial charge in [-0.05, 0) is 17.7 Å². The molecule has 0 saturated carbocycles. The van der Waals surface area contributed by atoms with Crippen LogP contribution in [0.25, 0.3) is 0 Å². The summed E-state index contributed by atoms with van der Waals surface area (Å²) in [6, 6.07) is 11.8. The number of hydrogen-bond acceptors (Lipinski definition) is 3. The molecule has 2 aromatic carbocycles. The predicted octanol–water partition coefficient (Wildman–Crippen LogP) is 2.47. The average molecular weight is 309 g/mol. The number of rotatable bonds is 5. The highest BCUT2D eigenvalue weighted by Crippen LogP contribution is 2.21. The van der Waals surface area contributed by atoms with E-state index in [-0.39, 0.29) is 11.4 Å². The molecule has 0 bridgehead atoms. The van der Waals surface area contributed by atoms with Gasteiger partial charge in [0.1, 0.15) is 11.4 Å². The fourth-order valence-electron chi connectivity index (χ4n) is 1.82. The molecular formula is C14H12FNO4S. The monoisotopic (exact) mass is 309 g/mol. The maximum absolute atomic E-state index is 13.5. The standard InChI is InChI=1S/C14H12FNO4S/c15-11-7-4-8-12(13(11)14(17)18)16-21(19,20)9-10-5-2-1-3-6-10/h1-8,16H,9H2,(H,17,18). The number of aromatic carboxylic acids is 1. The van der Waals surface area contributed by atoms with E-state index >= 15 is 0 Å². The van der Waals surface area contributed by atoms with Gasteiger partial charge in [-0.1, -0.05) is 36.4 Å². The fraction of sp³-hybridized carbons (Fsp3) is 0.0714. The molecular weight excluding hydrogens is 297 g/mol. The van der Waals surface area contributed by atoms with Gasteiger partial charge in [0.2, 0.25) is 10.0 Å².